The molecule has 2 unspecified atom stereocenters. The molecule has 0 bridgehead atoms. The maximum atomic E-state index is 9.98. The van der Waals surface area contributed by atoms with Gasteiger partial charge in [0.1, 0.15) is 0 Å². The Morgan fingerprint density at radius 1 is 1.44 bits per heavy atom. The van der Waals surface area contributed by atoms with Crippen LogP contribution < -0.4 is 5.73 Å². The summed E-state index contributed by atoms with van der Waals surface area (Å²) in [5, 5.41) is 9.98. The second-order valence-corrected chi connectivity index (χ2v) is 7.02. The zero-order valence-electron chi connectivity index (χ0n) is 12.7. The fourth-order valence-corrected chi connectivity index (χ4v) is 3.46. The van der Waals surface area contributed by atoms with Crippen LogP contribution in [0.5, 0.6) is 0 Å². The second-order valence-electron chi connectivity index (χ2n) is 7.02. The summed E-state index contributed by atoms with van der Waals surface area (Å²) in [6, 6.07) is 0. The van der Waals surface area contributed by atoms with Crippen molar-refractivity contribution >= 4 is 0 Å². The minimum Gasteiger partial charge on any atom is -0.389 e. The van der Waals surface area contributed by atoms with E-state index in [-0.39, 0.29) is 5.41 Å². The number of rotatable bonds is 6. The first-order chi connectivity index (χ1) is 8.30. The summed E-state index contributed by atoms with van der Waals surface area (Å²) >= 11 is 0. The molecule has 1 aliphatic carbocycles. The smallest absolute Gasteiger partial charge is 0.0718 e. The standard InChI is InChI=1S/C15H32N2O/c1-5-17(11-14(3,4)18)12-15(10-16)8-6-7-13(2)9-15/h13,18H,5-12,16H2,1-4H3. The monoisotopic (exact) mass is 256 g/mol. The van der Waals surface area contributed by atoms with Gasteiger partial charge in [-0.2, -0.15) is 0 Å². The lowest BCUT2D eigenvalue weighted by Gasteiger charge is -2.43. The second kappa shape index (κ2) is 6.36. The van der Waals surface area contributed by atoms with Crippen LogP contribution in [-0.2, 0) is 0 Å². The van der Waals surface area contributed by atoms with Crippen LogP contribution in [0, 0.1) is 11.3 Å². The van der Waals surface area contributed by atoms with E-state index in [1.807, 2.05) is 13.8 Å². The Labute approximate surface area is 113 Å². The summed E-state index contributed by atoms with van der Waals surface area (Å²) in [6.07, 6.45) is 5.14. The van der Waals surface area contributed by atoms with Crippen LogP contribution in [0.4, 0.5) is 0 Å². The summed E-state index contributed by atoms with van der Waals surface area (Å²) in [7, 11) is 0. The van der Waals surface area contributed by atoms with Crippen molar-refractivity contribution in [2.45, 2.75) is 59.0 Å². The van der Waals surface area contributed by atoms with Crippen molar-refractivity contribution in [1.82, 2.24) is 4.90 Å². The van der Waals surface area contributed by atoms with E-state index in [9.17, 15) is 5.11 Å². The first-order valence-corrected chi connectivity index (χ1v) is 7.45. The number of aliphatic hydroxyl groups is 1. The summed E-state index contributed by atoms with van der Waals surface area (Å²) < 4.78 is 0. The van der Waals surface area contributed by atoms with E-state index in [1.165, 1.54) is 25.7 Å². The van der Waals surface area contributed by atoms with E-state index < -0.39 is 5.60 Å². The topological polar surface area (TPSA) is 49.5 Å². The van der Waals surface area contributed by atoms with Crippen molar-refractivity contribution < 1.29 is 5.11 Å². The molecule has 2 atom stereocenters. The number of hydrogen-bond acceptors (Lipinski definition) is 3. The van der Waals surface area contributed by atoms with Crippen molar-refractivity contribution in [1.29, 1.82) is 0 Å². The van der Waals surface area contributed by atoms with Gasteiger partial charge in [-0.05, 0) is 51.1 Å². The summed E-state index contributed by atoms with van der Waals surface area (Å²) in [5.41, 5.74) is 5.74. The van der Waals surface area contributed by atoms with Gasteiger partial charge in [-0.1, -0.05) is 26.7 Å². The molecule has 0 aromatic rings. The lowest BCUT2D eigenvalue weighted by atomic mass is 9.69. The van der Waals surface area contributed by atoms with Crippen LogP contribution >= 0.6 is 0 Å². The number of likely N-dealkylation sites (N-methyl/N-ethyl adjacent to an activating group) is 1. The van der Waals surface area contributed by atoms with Crippen LogP contribution in [0.3, 0.4) is 0 Å². The van der Waals surface area contributed by atoms with Gasteiger partial charge in [0.05, 0.1) is 5.60 Å². The van der Waals surface area contributed by atoms with Crippen LogP contribution in [-0.4, -0.2) is 41.8 Å². The Hall–Kier alpha value is -0.120. The van der Waals surface area contributed by atoms with Gasteiger partial charge in [-0.25, -0.2) is 0 Å². The highest BCUT2D eigenvalue weighted by Gasteiger charge is 2.35. The molecule has 1 rings (SSSR count). The highest BCUT2D eigenvalue weighted by atomic mass is 16.3. The van der Waals surface area contributed by atoms with Gasteiger partial charge in [0.15, 0.2) is 0 Å². The molecule has 3 N–H and O–H groups in total. The lowest BCUT2D eigenvalue weighted by Crippen LogP contribution is -2.48. The average Bonchev–Trinajstić information content (AvgIpc) is 2.26. The zero-order chi connectivity index (χ0) is 13.8. The fraction of sp³-hybridized carbons (Fsp3) is 1.00. The normalized spacial score (nSPS) is 29.8. The molecule has 3 heteroatoms. The van der Waals surface area contributed by atoms with Crippen LogP contribution in [0.2, 0.25) is 0 Å². The molecule has 18 heavy (non-hydrogen) atoms. The number of nitrogens with two attached hydrogens (primary N) is 1. The van der Waals surface area contributed by atoms with Crippen molar-refractivity contribution in [2.24, 2.45) is 17.1 Å². The van der Waals surface area contributed by atoms with E-state index in [2.05, 4.69) is 18.7 Å². The quantitative estimate of drug-likeness (QED) is 0.766. The van der Waals surface area contributed by atoms with Crippen LogP contribution in [0.1, 0.15) is 53.4 Å². The van der Waals surface area contributed by atoms with E-state index in [1.54, 1.807) is 0 Å². The van der Waals surface area contributed by atoms with Gasteiger partial charge in [0.25, 0.3) is 0 Å². The number of nitrogens with zero attached hydrogens (tertiary/aromatic N) is 1. The van der Waals surface area contributed by atoms with Gasteiger partial charge in [0.2, 0.25) is 0 Å². The summed E-state index contributed by atoms with van der Waals surface area (Å²) in [4.78, 5) is 2.37. The molecule has 1 fully saturated rings. The Kier molecular flexibility index (Phi) is 5.63. The Bertz CT molecular complexity index is 249. The maximum Gasteiger partial charge on any atom is 0.0718 e. The molecule has 0 aromatic heterocycles. The highest BCUT2D eigenvalue weighted by molar-refractivity contribution is 4.89. The minimum absolute atomic E-state index is 0.277. The zero-order valence-corrected chi connectivity index (χ0v) is 12.7. The predicted octanol–water partition coefficient (Wildman–Crippen LogP) is 2.23. The van der Waals surface area contributed by atoms with Gasteiger partial charge in [-0.15, -0.1) is 0 Å². The van der Waals surface area contributed by atoms with E-state index in [4.69, 9.17) is 5.73 Å². The molecule has 108 valence electrons. The van der Waals surface area contributed by atoms with E-state index >= 15 is 0 Å². The maximum absolute atomic E-state index is 9.98. The van der Waals surface area contributed by atoms with Crippen molar-refractivity contribution in [3.63, 3.8) is 0 Å². The predicted molar refractivity (Wildman–Crippen MR) is 77.5 cm³/mol. The van der Waals surface area contributed by atoms with Gasteiger partial charge in [0, 0.05) is 13.1 Å². The third-order valence-corrected chi connectivity index (χ3v) is 4.24. The molecule has 0 radical (unpaired) electrons. The third kappa shape index (κ3) is 4.87. The van der Waals surface area contributed by atoms with Gasteiger partial charge >= 0.3 is 0 Å². The first kappa shape index (κ1) is 15.9. The van der Waals surface area contributed by atoms with Gasteiger partial charge < -0.3 is 15.7 Å². The largest absolute Gasteiger partial charge is 0.389 e. The van der Waals surface area contributed by atoms with Crippen molar-refractivity contribution in [3.8, 4) is 0 Å². The molecule has 1 aliphatic rings. The molecular weight excluding hydrogens is 224 g/mol. The third-order valence-electron chi connectivity index (χ3n) is 4.24. The summed E-state index contributed by atoms with van der Waals surface area (Å²) in [5.74, 6) is 0.795. The minimum atomic E-state index is -0.619. The molecular formula is C15H32N2O. The van der Waals surface area contributed by atoms with Crippen LogP contribution in [0.25, 0.3) is 0 Å². The van der Waals surface area contributed by atoms with E-state index in [0.29, 0.717) is 0 Å². The van der Waals surface area contributed by atoms with Crippen LogP contribution in [0.15, 0.2) is 0 Å². The van der Waals surface area contributed by atoms with Gasteiger partial charge in [-0.3, -0.25) is 0 Å². The Morgan fingerprint density at radius 3 is 2.56 bits per heavy atom. The Balaban J connectivity index is 2.64. The lowest BCUT2D eigenvalue weighted by molar-refractivity contribution is 0.0118. The van der Waals surface area contributed by atoms with Crippen molar-refractivity contribution in [2.75, 3.05) is 26.2 Å². The van der Waals surface area contributed by atoms with Crippen molar-refractivity contribution in [3.05, 3.63) is 0 Å². The summed E-state index contributed by atoms with van der Waals surface area (Å²) in [6.45, 7) is 11.8. The molecule has 1 saturated carbocycles. The fourth-order valence-electron chi connectivity index (χ4n) is 3.46. The molecule has 0 aromatic carbocycles. The van der Waals surface area contributed by atoms with E-state index in [0.717, 1.165) is 32.1 Å². The SMILES string of the molecule is CCN(CC(C)(C)O)CC1(CN)CCCC(C)C1. The molecule has 0 spiro atoms. The molecule has 0 aliphatic heterocycles. The highest BCUT2D eigenvalue weighted by Crippen LogP contribution is 2.39. The molecule has 3 nitrogen and oxygen atoms in total. The first-order valence-electron chi connectivity index (χ1n) is 7.45. The molecule has 0 heterocycles. The average molecular weight is 256 g/mol. The number of hydrogen-bond donors (Lipinski definition) is 2. The Morgan fingerprint density at radius 2 is 2.11 bits per heavy atom. The molecule has 0 saturated heterocycles. The molecule has 0 amide bonds.